The van der Waals surface area contributed by atoms with Crippen molar-refractivity contribution in [2.24, 2.45) is 5.92 Å². The highest BCUT2D eigenvalue weighted by Crippen LogP contribution is 2.26. The van der Waals surface area contributed by atoms with E-state index in [1.54, 1.807) is 46.3 Å². The molecule has 0 aliphatic heterocycles. The van der Waals surface area contributed by atoms with Gasteiger partial charge in [-0.05, 0) is 18.4 Å². The fourth-order valence-corrected chi connectivity index (χ4v) is 4.16. The Morgan fingerprint density at radius 3 is 2.59 bits per heavy atom. The first-order chi connectivity index (χ1) is 18.2. The topological polar surface area (TPSA) is 134 Å². The van der Waals surface area contributed by atoms with E-state index in [0.29, 0.717) is 28.4 Å². The smallest absolute Gasteiger partial charge is 0.164 e. The lowest BCUT2D eigenvalue weighted by atomic mass is 9.87. The Hall–Kier alpha value is -4.57. The van der Waals surface area contributed by atoms with E-state index in [4.69, 9.17) is 10.5 Å². The van der Waals surface area contributed by atoms with Crippen LogP contribution in [0.15, 0.2) is 55.8 Å². The summed E-state index contributed by atoms with van der Waals surface area (Å²) in [5.74, 6) is 1.50. The zero-order chi connectivity index (χ0) is 26.5. The van der Waals surface area contributed by atoms with Crippen molar-refractivity contribution in [3.63, 3.8) is 0 Å². The van der Waals surface area contributed by atoms with E-state index in [9.17, 15) is 0 Å². The van der Waals surface area contributed by atoms with Crippen molar-refractivity contribution in [3.05, 3.63) is 61.3 Å². The third kappa shape index (κ3) is 6.98. The van der Waals surface area contributed by atoms with Gasteiger partial charge in [-0.25, -0.2) is 14.6 Å². The Morgan fingerprint density at radius 2 is 1.92 bits per heavy atom. The molecule has 0 unspecified atom stereocenters. The van der Waals surface area contributed by atoms with Gasteiger partial charge in [0, 0.05) is 17.6 Å². The molecule has 1 N–H and O–H groups in total. The Balaban J connectivity index is 0.000000291. The summed E-state index contributed by atoms with van der Waals surface area (Å²) in [7, 11) is 0. The average Bonchev–Trinajstić information content (AvgIpc) is 3.64. The third-order valence-corrected chi connectivity index (χ3v) is 5.87. The molecule has 0 saturated heterocycles. The lowest BCUT2D eigenvalue weighted by Gasteiger charge is -2.19. The molecule has 0 amide bonds. The van der Waals surface area contributed by atoms with Gasteiger partial charge in [-0.1, -0.05) is 57.2 Å². The number of aromatic nitrogens is 7. The first-order valence-electron chi connectivity index (χ1n) is 12.6. The summed E-state index contributed by atoms with van der Waals surface area (Å²) < 4.78 is 3.12. The Morgan fingerprint density at radius 1 is 1.11 bits per heavy atom. The minimum atomic E-state index is 0.120. The molecule has 190 valence electrons. The minimum Gasteiger partial charge on any atom is -0.370 e. The second-order valence-electron chi connectivity index (χ2n) is 8.25. The lowest BCUT2D eigenvalue weighted by molar-refractivity contribution is 0.361. The van der Waals surface area contributed by atoms with Crippen LogP contribution >= 0.6 is 0 Å². The SMILES string of the molecule is C=CCC1CCCCC1.CC.N#CCNc1cc(-n2ncc3cc(C#N)cnc32)ncc1-n1ccnn1. The van der Waals surface area contributed by atoms with Crippen LogP contribution in [0, 0.1) is 28.6 Å². The average molecular weight is 497 g/mol. The summed E-state index contributed by atoms with van der Waals surface area (Å²) in [4.78, 5) is 8.71. The van der Waals surface area contributed by atoms with Crippen LogP contribution in [-0.2, 0) is 0 Å². The predicted octanol–water partition coefficient (Wildman–Crippen LogP) is 5.37. The third-order valence-electron chi connectivity index (χ3n) is 5.87. The summed E-state index contributed by atoms with van der Waals surface area (Å²) in [5.41, 5.74) is 2.34. The number of hydrogen-bond acceptors (Lipinski definition) is 8. The maximum atomic E-state index is 8.98. The van der Waals surface area contributed by atoms with Crippen molar-refractivity contribution < 1.29 is 0 Å². The second kappa shape index (κ2) is 14.1. The molecule has 5 rings (SSSR count). The van der Waals surface area contributed by atoms with Gasteiger partial charge in [0.2, 0.25) is 0 Å². The van der Waals surface area contributed by atoms with Crippen molar-refractivity contribution >= 4 is 16.7 Å². The number of anilines is 1. The van der Waals surface area contributed by atoms with Crippen LogP contribution in [0.1, 0.15) is 57.9 Å². The molecule has 0 atom stereocenters. The summed E-state index contributed by atoms with van der Waals surface area (Å²) in [6, 6.07) is 7.56. The van der Waals surface area contributed by atoms with Crippen molar-refractivity contribution in [3.8, 4) is 23.6 Å². The number of nitrogens with one attached hydrogen (secondary N) is 1. The number of rotatable bonds is 6. The van der Waals surface area contributed by atoms with Crippen molar-refractivity contribution in [2.45, 2.75) is 52.4 Å². The maximum absolute atomic E-state index is 8.98. The zero-order valence-electron chi connectivity index (χ0n) is 21.4. The van der Waals surface area contributed by atoms with Gasteiger partial charge in [-0.3, -0.25) is 0 Å². The van der Waals surface area contributed by atoms with Crippen LogP contribution in [0.4, 0.5) is 5.69 Å². The van der Waals surface area contributed by atoms with Gasteiger partial charge in [0.15, 0.2) is 11.5 Å². The van der Waals surface area contributed by atoms with E-state index >= 15 is 0 Å². The van der Waals surface area contributed by atoms with Crippen LogP contribution in [0.25, 0.3) is 22.5 Å². The molecule has 10 nitrogen and oxygen atoms in total. The van der Waals surface area contributed by atoms with Crippen LogP contribution in [0.3, 0.4) is 0 Å². The summed E-state index contributed by atoms with van der Waals surface area (Å²) in [6.07, 6.45) is 18.6. The highest BCUT2D eigenvalue weighted by atomic mass is 15.4. The maximum Gasteiger partial charge on any atom is 0.164 e. The van der Waals surface area contributed by atoms with Gasteiger partial charge in [-0.2, -0.15) is 20.3 Å². The largest absolute Gasteiger partial charge is 0.370 e. The molecule has 1 aliphatic rings. The molecule has 4 aromatic heterocycles. The van der Waals surface area contributed by atoms with Gasteiger partial charge in [0.25, 0.3) is 0 Å². The molecular formula is C27H32N10. The number of nitriles is 2. The Kier molecular flexibility index (Phi) is 10.3. The zero-order valence-corrected chi connectivity index (χ0v) is 21.4. The van der Waals surface area contributed by atoms with E-state index in [2.05, 4.69) is 49.4 Å². The van der Waals surface area contributed by atoms with Crippen molar-refractivity contribution in [1.82, 2.24) is 34.7 Å². The molecule has 0 radical (unpaired) electrons. The van der Waals surface area contributed by atoms with E-state index < -0.39 is 0 Å². The summed E-state index contributed by atoms with van der Waals surface area (Å²) in [5, 5.41) is 33.7. The fraction of sp³-hybridized carbons (Fsp3) is 0.370. The molecule has 37 heavy (non-hydrogen) atoms. The van der Waals surface area contributed by atoms with Crippen LogP contribution in [0.2, 0.25) is 0 Å². The van der Waals surface area contributed by atoms with E-state index in [-0.39, 0.29) is 6.54 Å². The number of fused-ring (bicyclic) bond motifs is 1. The van der Waals surface area contributed by atoms with Crippen molar-refractivity contribution in [1.29, 1.82) is 10.5 Å². The highest BCUT2D eigenvalue weighted by Gasteiger charge is 2.13. The molecule has 10 heteroatoms. The van der Waals surface area contributed by atoms with E-state index in [1.807, 2.05) is 19.9 Å². The van der Waals surface area contributed by atoms with E-state index in [0.717, 1.165) is 11.3 Å². The quantitative estimate of drug-likeness (QED) is 0.278. The number of allylic oxidation sites excluding steroid dienone is 1. The van der Waals surface area contributed by atoms with Gasteiger partial charge >= 0.3 is 0 Å². The highest BCUT2D eigenvalue weighted by molar-refractivity contribution is 5.77. The monoisotopic (exact) mass is 496 g/mol. The molecule has 1 fully saturated rings. The van der Waals surface area contributed by atoms with Gasteiger partial charge < -0.3 is 5.32 Å². The normalized spacial score (nSPS) is 12.8. The lowest BCUT2D eigenvalue weighted by Crippen LogP contribution is -2.09. The minimum absolute atomic E-state index is 0.120. The van der Waals surface area contributed by atoms with Crippen molar-refractivity contribution in [2.75, 3.05) is 11.9 Å². The first kappa shape index (κ1) is 27.0. The number of hydrogen-bond donors (Lipinski definition) is 1. The first-order valence-corrected chi connectivity index (χ1v) is 12.6. The van der Waals surface area contributed by atoms with Crippen LogP contribution in [0.5, 0.6) is 0 Å². The standard InChI is InChI=1S/C16H10N10.C9H16.C2H6/c17-1-2-19-13-6-15(20-10-14(13)25-4-3-22-24-25)26-16-12(9-23-26)5-11(7-18)8-21-16;1-2-6-9-7-4-3-5-8-9;1-2/h3-6,8-10H,2H2,(H,19,20);2,9H,1,3-8H2;1-2H3. The van der Waals surface area contributed by atoms with Gasteiger partial charge in [-0.15, -0.1) is 11.7 Å². The molecule has 0 aromatic carbocycles. The van der Waals surface area contributed by atoms with E-state index in [1.165, 1.54) is 44.7 Å². The van der Waals surface area contributed by atoms with Gasteiger partial charge in [0.05, 0.1) is 42.1 Å². The molecule has 4 heterocycles. The Labute approximate surface area is 217 Å². The molecule has 0 bridgehead atoms. The predicted molar refractivity (Wildman–Crippen MR) is 143 cm³/mol. The second-order valence-corrected chi connectivity index (χ2v) is 8.25. The molecule has 1 saturated carbocycles. The molecular weight excluding hydrogens is 464 g/mol. The molecule has 0 spiro atoms. The fourth-order valence-electron chi connectivity index (χ4n) is 4.16. The number of nitrogens with zero attached hydrogens (tertiary/aromatic N) is 9. The molecule has 4 aromatic rings. The number of pyridine rings is 2. The Bertz CT molecular complexity index is 1350. The van der Waals surface area contributed by atoms with Crippen LogP contribution < -0.4 is 5.32 Å². The van der Waals surface area contributed by atoms with Gasteiger partial charge in [0.1, 0.15) is 18.3 Å². The summed E-state index contributed by atoms with van der Waals surface area (Å²) in [6.45, 7) is 7.87. The molecule has 1 aliphatic carbocycles. The van der Waals surface area contributed by atoms with Crippen LogP contribution in [-0.4, -0.2) is 41.3 Å². The summed E-state index contributed by atoms with van der Waals surface area (Å²) >= 11 is 0.